The maximum absolute atomic E-state index is 12.3. The largest absolute Gasteiger partial charge is 0.341 e. The van der Waals surface area contributed by atoms with Gasteiger partial charge in [-0.25, -0.2) is 0 Å². The summed E-state index contributed by atoms with van der Waals surface area (Å²) in [6.45, 7) is -0.0856. The molecule has 0 spiro atoms. The highest BCUT2D eigenvalue weighted by molar-refractivity contribution is 6.07. The number of imide groups is 1. The number of likely N-dealkylation sites (tertiary alicyclic amines) is 1. The van der Waals surface area contributed by atoms with Crippen LogP contribution in [0.2, 0.25) is 0 Å². The van der Waals surface area contributed by atoms with Crippen LogP contribution in [0.4, 0.5) is 0 Å². The number of hydrogen-bond donors (Lipinski definition) is 0. The molecule has 1 aliphatic heterocycles. The number of amides is 3. The molecule has 21 heavy (non-hydrogen) atoms. The lowest BCUT2D eigenvalue weighted by molar-refractivity contribution is -0.146. The number of carbonyl (C=O) groups excluding carboxylic acids is 3. The standard InChI is InChI=1S/C16H22N2O3/c1-17(11-6-2-3-7-11)14(19)10-18-15(20)12-8-4-5-9-13(12)16(18)21/h4-5,11-13H,2-3,6-10H2,1H3. The second-order valence-corrected chi connectivity index (χ2v) is 6.36. The summed E-state index contributed by atoms with van der Waals surface area (Å²) in [6.07, 6.45) is 9.53. The Balaban J connectivity index is 1.66. The van der Waals surface area contributed by atoms with Crippen molar-refractivity contribution in [3.8, 4) is 0 Å². The summed E-state index contributed by atoms with van der Waals surface area (Å²) < 4.78 is 0. The second-order valence-electron chi connectivity index (χ2n) is 6.36. The number of likely N-dealkylation sites (N-methyl/N-ethyl adjacent to an activating group) is 1. The van der Waals surface area contributed by atoms with Gasteiger partial charge >= 0.3 is 0 Å². The number of hydrogen-bond acceptors (Lipinski definition) is 3. The van der Waals surface area contributed by atoms with E-state index < -0.39 is 0 Å². The first-order valence-corrected chi connectivity index (χ1v) is 7.85. The van der Waals surface area contributed by atoms with Gasteiger partial charge < -0.3 is 4.90 Å². The molecule has 3 rings (SSSR count). The summed E-state index contributed by atoms with van der Waals surface area (Å²) in [5.41, 5.74) is 0. The first-order chi connectivity index (χ1) is 10.1. The Hall–Kier alpha value is -1.65. The molecular weight excluding hydrogens is 268 g/mol. The van der Waals surface area contributed by atoms with Crippen LogP contribution in [0.15, 0.2) is 12.2 Å². The zero-order valence-corrected chi connectivity index (χ0v) is 12.5. The van der Waals surface area contributed by atoms with Crippen LogP contribution >= 0.6 is 0 Å². The number of nitrogens with zero attached hydrogens (tertiary/aromatic N) is 2. The highest BCUT2D eigenvalue weighted by Crippen LogP contribution is 2.35. The van der Waals surface area contributed by atoms with Crippen molar-refractivity contribution in [3.05, 3.63) is 12.2 Å². The molecule has 0 aromatic rings. The minimum absolute atomic E-state index is 0.0856. The van der Waals surface area contributed by atoms with Crippen LogP contribution in [-0.2, 0) is 14.4 Å². The van der Waals surface area contributed by atoms with Crippen LogP contribution in [0, 0.1) is 11.8 Å². The van der Waals surface area contributed by atoms with E-state index in [-0.39, 0.29) is 42.1 Å². The normalized spacial score (nSPS) is 29.1. The summed E-state index contributed by atoms with van der Waals surface area (Å²) in [4.78, 5) is 39.9. The number of rotatable bonds is 3. The lowest BCUT2D eigenvalue weighted by Crippen LogP contribution is -2.44. The Labute approximate surface area is 125 Å². The number of fused-ring (bicyclic) bond motifs is 1. The highest BCUT2D eigenvalue weighted by atomic mass is 16.2. The van der Waals surface area contributed by atoms with Gasteiger partial charge in [0.2, 0.25) is 17.7 Å². The first-order valence-electron chi connectivity index (χ1n) is 7.85. The van der Waals surface area contributed by atoms with Gasteiger partial charge in [0.15, 0.2) is 0 Å². The van der Waals surface area contributed by atoms with Crippen molar-refractivity contribution in [1.29, 1.82) is 0 Å². The van der Waals surface area contributed by atoms with E-state index in [9.17, 15) is 14.4 Å². The fourth-order valence-corrected chi connectivity index (χ4v) is 3.77. The number of allylic oxidation sites excluding steroid dienone is 2. The van der Waals surface area contributed by atoms with Gasteiger partial charge in [-0.2, -0.15) is 0 Å². The average molecular weight is 290 g/mol. The predicted molar refractivity (Wildman–Crippen MR) is 77.1 cm³/mol. The van der Waals surface area contributed by atoms with E-state index in [1.165, 1.54) is 4.90 Å². The van der Waals surface area contributed by atoms with Gasteiger partial charge in [-0.3, -0.25) is 19.3 Å². The Morgan fingerprint density at radius 2 is 1.67 bits per heavy atom. The van der Waals surface area contributed by atoms with Gasteiger partial charge in [-0.15, -0.1) is 0 Å². The summed E-state index contributed by atoms with van der Waals surface area (Å²) >= 11 is 0. The maximum atomic E-state index is 12.3. The lowest BCUT2D eigenvalue weighted by Gasteiger charge is -2.26. The molecule has 1 saturated heterocycles. The smallest absolute Gasteiger partial charge is 0.242 e. The molecule has 3 amide bonds. The third kappa shape index (κ3) is 2.49. The zero-order valence-electron chi connectivity index (χ0n) is 12.5. The SMILES string of the molecule is CN(C(=O)CN1C(=O)C2CC=CCC2C1=O)C1CCCC1. The molecular formula is C16H22N2O3. The van der Waals surface area contributed by atoms with E-state index in [1.807, 2.05) is 12.2 Å². The topological polar surface area (TPSA) is 57.7 Å². The summed E-state index contributed by atoms with van der Waals surface area (Å²) in [5.74, 6) is -0.931. The fourth-order valence-electron chi connectivity index (χ4n) is 3.77. The Morgan fingerprint density at radius 3 is 2.19 bits per heavy atom. The molecule has 2 atom stereocenters. The maximum Gasteiger partial charge on any atom is 0.242 e. The van der Waals surface area contributed by atoms with E-state index in [2.05, 4.69) is 0 Å². The van der Waals surface area contributed by atoms with Gasteiger partial charge in [0.05, 0.1) is 11.8 Å². The van der Waals surface area contributed by atoms with Crippen molar-refractivity contribution >= 4 is 17.7 Å². The minimum atomic E-state index is -0.243. The van der Waals surface area contributed by atoms with E-state index in [4.69, 9.17) is 0 Å². The van der Waals surface area contributed by atoms with Crippen molar-refractivity contribution < 1.29 is 14.4 Å². The van der Waals surface area contributed by atoms with Crippen molar-refractivity contribution in [2.45, 2.75) is 44.6 Å². The van der Waals surface area contributed by atoms with Gasteiger partial charge in [0.25, 0.3) is 0 Å². The fraction of sp³-hybridized carbons (Fsp3) is 0.688. The molecule has 2 aliphatic carbocycles. The second kappa shape index (κ2) is 5.62. The molecule has 0 aromatic carbocycles. The van der Waals surface area contributed by atoms with Crippen LogP contribution in [0.5, 0.6) is 0 Å². The van der Waals surface area contributed by atoms with E-state index in [0.717, 1.165) is 25.7 Å². The van der Waals surface area contributed by atoms with E-state index in [0.29, 0.717) is 12.8 Å². The van der Waals surface area contributed by atoms with Crippen molar-refractivity contribution in [3.63, 3.8) is 0 Å². The third-order valence-corrected chi connectivity index (χ3v) is 5.16. The predicted octanol–water partition coefficient (Wildman–Crippen LogP) is 1.34. The average Bonchev–Trinajstić information content (AvgIpc) is 3.11. The van der Waals surface area contributed by atoms with Crippen molar-refractivity contribution in [2.75, 3.05) is 13.6 Å². The molecule has 0 bridgehead atoms. The first kappa shape index (κ1) is 14.3. The molecule has 5 heteroatoms. The molecule has 2 fully saturated rings. The summed E-state index contributed by atoms with van der Waals surface area (Å²) in [7, 11) is 1.79. The van der Waals surface area contributed by atoms with Gasteiger partial charge in [-0.05, 0) is 25.7 Å². The van der Waals surface area contributed by atoms with Crippen LogP contribution in [0.1, 0.15) is 38.5 Å². The number of carbonyl (C=O) groups is 3. The Morgan fingerprint density at radius 1 is 1.14 bits per heavy atom. The van der Waals surface area contributed by atoms with Crippen LogP contribution < -0.4 is 0 Å². The highest BCUT2D eigenvalue weighted by Gasteiger charge is 2.47. The summed E-state index contributed by atoms with van der Waals surface area (Å²) in [5, 5.41) is 0. The molecule has 0 N–H and O–H groups in total. The Kier molecular flexibility index (Phi) is 3.83. The van der Waals surface area contributed by atoms with Crippen molar-refractivity contribution in [1.82, 2.24) is 9.80 Å². The lowest BCUT2D eigenvalue weighted by atomic mass is 9.85. The van der Waals surface area contributed by atoms with E-state index in [1.54, 1.807) is 11.9 Å². The molecule has 5 nitrogen and oxygen atoms in total. The minimum Gasteiger partial charge on any atom is -0.341 e. The van der Waals surface area contributed by atoms with Crippen molar-refractivity contribution in [2.24, 2.45) is 11.8 Å². The molecule has 2 unspecified atom stereocenters. The molecule has 114 valence electrons. The quantitative estimate of drug-likeness (QED) is 0.582. The summed E-state index contributed by atoms with van der Waals surface area (Å²) in [6, 6.07) is 0.272. The van der Waals surface area contributed by atoms with Crippen LogP contribution in [-0.4, -0.2) is 47.2 Å². The van der Waals surface area contributed by atoms with Gasteiger partial charge in [0, 0.05) is 13.1 Å². The molecule has 3 aliphatic rings. The Bertz CT molecular complexity index is 468. The van der Waals surface area contributed by atoms with E-state index >= 15 is 0 Å². The van der Waals surface area contributed by atoms with Gasteiger partial charge in [-0.1, -0.05) is 25.0 Å². The van der Waals surface area contributed by atoms with Crippen LogP contribution in [0.25, 0.3) is 0 Å². The molecule has 0 aromatic heterocycles. The molecule has 1 saturated carbocycles. The monoisotopic (exact) mass is 290 g/mol. The zero-order chi connectivity index (χ0) is 15.0. The molecule has 1 heterocycles. The van der Waals surface area contributed by atoms with Gasteiger partial charge in [0.1, 0.15) is 6.54 Å². The molecule has 0 radical (unpaired) electrons. The third-order valence-electron chi connectivity index (χ3n) is 5.16. The van der Waals surface area contributed by atoms with Crippen LogP contribution in [0.3, 0.4) is 0 Å².